The Balaban J connectivity index is 1.68. The fraction of sp³-hybridized carbons (Fsp3) is 0.435. The molecule has 7 nitrogen and oxygen atoms in total. The number of aromatic nitrogens is 3. The Morgan fingerprint density at radius 1 is 1.24 bits per heavy atom. The molecular formula is C23H27Cl2N3O4S. The van der Waals surface area contributed by atoms with Crippen LogP contribution in [-0.4, -0.2) is 40.1 Å². The average Bonchev–Trinajstić information content (AvgIpc) is 3.29. The quantitative estimate of drug-likeness (QED) is 0.233. The highest BCUT2D eigenvalue weighted by Crippen LogP contribution is 2.27. The van der Waals surface area contributed by atoms with E-state index in [1.165, 1.54) is 11.3 Å². The third-order valence-electron chi connectivity index (χ3n) is 4.51. The molecule has 10 heteroatoms. The Labute approximate surface area is 207 Å². The van der Waals surface area contributed by atoms with E-state index in [0.717, 1.165) is 16.3 Å². The lowest BCUT2D eigenvalue weighted by Crippen LogP contribution is -2.10. The number of ether oxygens (including phenoxy) is 3. The van der Waals surface area contributed by atoms with Gasteiger partial charge in [-0.3, -0.25) is 4.68 Å². The average molecular weight is 512 g/mol. The monoisotopic (exact) mass is 511 g/mol. The van der Waals surface area contributed by atoms with Crippen LogP contribution in [0.25, 0.3) is 0 Å². The first kappa shape index (κ1) is 25.3. The molecule has 0 amide bonds. The van der Waals surface area contributed by atoms with Gasteiger partial charge in [0.05, 0.1) is 30.9 Å². The van der Waals surface area contributed by atoms with E-state index in [1.54, 1.807) is 13.0 Å². The lowest BCUT2D eigenvalue weighted by Gasteiger charge is -2.10. The van der Waals surface area contributed by atoms with Crippen LogP contribution in [0.3, 0.4) is 0 Å². The molecule has 0 N–H and O–H groups in total. The molecular weight excluding hydrogens is 485 g/mol. The van der Waals surface area contributed by atoms with Crippen molar-refractivity contribution in [1.29, 1.82) is 0 Å². The Kier molecular flexibility index (Phi) is 9.00. The Bertz CT molecular complexity index is 1100. The highest BCUT2D eigenvalue weighted by Gasteiger charge is 2.19. The third kappa shape index (κ3) is 7.09. The van der Waals surface area contributed by atoms with Crippen LogP contribution >= 0.6 is 34.5 Å². The summed E-state index contributed by atoms with van der Waals surface area (Å²) in [7, 11) is 0. The number of rotatable bonds is 11. The van der Waals surface area contributed by atoms with E-state index in [1.807, 2.05) is 43.7 Å². The van der Waals surface area contributed by atoms with Crippen molar-refractivity contribution in [2.75, 3.05) is 13.2 Å². The summed E-state index contributed by atoms with van der Waals surface area (Å²) >= 11 is 13.7. The molecule has 178 valence electrons. The van der Waals surface area contributed by atoms with E-state index in [4.69, 9.17) is 37.4 Å². The van der Waals surface area contributed by atoms with Crippen LogP contribution in [0, 0.1) is 6.92 Å². The smallest absolute Gasteiger partial charge is 0.353 e. The third-order valence-corrected chi connectivity index (χ3v) is 6.03. The zero-order valence-electron chi connectivity index (χ0n) is 19.1. The molecule has 0 saturated heterocycles. The van der Waals surface area contributed by atoms with Crippen LogP contribution in [0.2, 0.25) is 10.0 Å². The Morgan fingerprint density at radius 3 is 2.73 bits per heavy atom. The fourth-order valence-electron chi connectivity index (χ4n) is 3.13. The second-order valence-corrected chi connectivity index (χ2v) is 9.62. The molecule has 33 heavy (non-hydrogen) atoms. The molecule has 0 fully saturated rings. The maximum Gasteiger partial charge on any atom is 0.353 e. The van der Waals surface area contributed by atoms with Crippen LogP contribution in [-0.2, 0) is 17.7 Å². The van der Waals surface area contributed by atoms with Gasteiger partial charge in [0.1, 0.15) is 0 Å². The minimum absolute atomic E-state index is 0.0119. The minimum Gasteiger partial charge on any atom is -0.476 e. The van der Waals surface area contributed by atoms with Crippen molar-refractivity contribution in [1.82, 2.24) is 14.8 Å². The lowest BCUT2D eigenvalue weighted by molar-refractivity contribution is 0.0527. The molecule has 0 atom stereocenters. The SMILES string of the molecule is CCOC(=O)c1sc(C)nc1OCCCc1cc(OC(C)C)nn1Cc1ccc(Cl)cc1Cl. The summed E-state index contributed by atoms with van der Waals surface area (Å²) in [4.78, 5) is 16.8. The zero-order chi connectivity index (χ0) is 24.0. The number of hydrogen-bond acceptors (Lipinski definition) is 7. The van der Waals surface area contributed by atoms with Crippen molar-refractivity contribution in [3.8, 4) is 11.8 Å². The van der Waals surface area contributed by atoms with E-state index < -0.39 is 5.97 Å². The first-order chi connectivity index (χ1) is 15.8. The van der Waals surface area contributed by atoms with Crippen LogP contribution in [0.5, 0.6) is 11.8 Å². The number of aryl methyl sites for hydroxylation is 2. The second-order valence-electron chi connectivity index (χ2n) is 7.57. The van der Waals surface area contributed by atoms with E-state index in [0.29, 0.717) is 59.3 Å². The molecule has 0 aliphatic rings. The van der Waals surface area contributed by atoms with Gasteiger partial charge in [0.25, 0.3) is 0 Å². The molecule has 0 aliphatic carbocycles. The van der Waals surface area contributed by atoms with E-state index >= 15 is 0 Å². The van der Waals surface area contributed by atoms with E-state index in [9.17, 15) is 4.79 Å². The predicted molar refractivity (Wildman–Crippen MR) is 130 cm³/mol. The number of halogens is 2. The molecule has 0 spiro atoms. The van der Waals surface area contributed by atoms with Crippen molar-refractivity contribution in [2.45, 2.75) is 53.2 Å². The van der Waals surface area contributed by atoms with Crippen molar-refractivity contribution in [2.24, 2.45) is 0 Å². The molecule has 2 heterocycles. The topological polar surface area (TPSA) is 75.5 Å². The predicted octanol–water partition coefficient (Wildman–Crippen LogP) is 5.98. The van der Waals surface area contributed by atoms with Gasteiger partial charge in [-0.05, 0) is 58.2 Å². The maximum absolute atomic E-state index is 12.1. The number of carbonyl (C=O) groups is 1. The molecule has 2 aromatic heterocycles. The molecule has 3 aromatic rings. The van der Waals surface area contributed by atoms with Crippen molar-refractivity contribution in [3.63, 3.8) is 0 Å². The summed E-state index contributed by atoms with van der Waals surface area (Å²) < 4.78 is 18.6. The standard InChI is InChI=1S/C23H27Cl2N3O4S/c1-5-30-23(29)21-22(26-15(4)33-21)31-10-6-7-18-12-20(32-14(2)3)27-28(18)13-16-8-9-17(24)11-19(16)25/h8-9,11-12,14H,5-7,10,13H2,1-4H3. The summed E-state index contributed by atoms with van der Waals surface area (Å²) in [5, 5.41) is 6.52. The molecule has 0 radical (unpaired) electrons. The highest BCUT2D eigenvalue weighted by atomic mass is 35.5. The van der Waals surface area contributed by atoms with Gasteiger partial charge in [-0.15, -0.1) is 16.4 Å². The molecule has 1 aromatic carbocycles. The van der Waals surface area contributed by atoms with Crippen LogP contribution in [0.15, 0.2) is 24.3 Å². The summed E-state index contributed by atoms with van der Waals surface area (Å²) in [6.45, 7) is 8.70. The summed E-state index contributed by atoms with van der Waals surface area (Å²) in [5.41, 5.74) is 1.90. The number of carbonyl (C=O) groups excluding carboxylic acids is 1. The summed E-state index contributed by atoms with van der Waals surface area (Å²) in [6, 6.07) is 7.35. The fourth-order valence-corrected chi connectivity index (χ4v) is 4.36. The van der Waals surface area contributed by atoms with Gasteiger partial charge in [-0.2, -0.15) is 0 Å². The number of esters is 1. The van der Waals surface area contributed by atoms with Gasteiger partial charge in [-0.25, -0.2) is 9.78 Å². The first-order valence-electron chi connectivity index (χ1n) is 10.7. The van der Waals surface area contributed by atoms with Gasteiger partial charge in [-0.1, -0.05) is 29.3 Å². The van der Waals surface area contributed by atoms with Crippen molar-refractivity contribution in [3.05, 3.63) is 55.5 Å². The van der Waals surface area contributed by atoms with Crippen molar-refractivity contribution < 1.29 is 19.0 Å². The largest absolute Gasteiger partial charge is 0.476 e. The Hall–Kier alpha value is -2.29. The van der Waals surface area contributed by atoms with Gasteiger partial charge < -0.3 is 14.2 Å². The zero-order valence-corrected chi connectivity index (χ0v) is 21.4. The second kappa shape index (κ2) is 11.7. The molecule has 0 saturated carbocycles. The highest BCUT2D eigenvalue weighted by molar-refractivity contribution is 7.13. The number of hydrogen-bond donors (Lipinski definition) is 0. The van der Waals surface area contributed by atoms with Crippen molar-refractivity contribution >= 4 is 40.5 Å². The van der Waals surface area contributed by atoms with Crippen LogP contribution in [0.4, 0.5) is 0 Å². The maximum atomic E-state index is 12.1. The van der Waals surface area contributed by atoms with E-state index in [2.05, 4.69) is 10.1 Å². The Morgan fingerprint density at radius 2 is 2.03 bits per heavy atom. The first-order valence-corrected chi connectivity index (χ1v) is 12.3. The molecule has 3 rings (SSSR count). The number of nitrogens with zero attached hydrogens (tertiary/aromatic N) is 3. The molecule has 0 bridgehead atoms. The number of benzene rings is 1. The molecule has 0 aliphatic heterocycles. The van der Waals surface area contributed by atoms with Gasteiger partial charge in [0.15, 0.2) is 4.88 Å². The normalized spacial score (nSPS) is 11.1. The lowest BCUT2D eigenvalue weighted by atomic mass is 10.2. The van der Waals surface area contributed by atoms with Gasteiger partial charge in [0, 0.05) is 21.8 Å². The van der Waals surface area contributed by atoms with E-state index in [-0.39, 0.29) is 6.10 Å². The minimum atomic E-state index is -0.411. The van der Waals surface area contributed by atoms with Crippen LogP contribution in [0.1, 0.15) is 53.1 Å². The number of thiazole rings is 1. The summed E-state index contributed by atoms with van der Waals surface area (Å²) in [5.74, 6) is 0.471. The van der Waals surface area contributed by atoms with Gasteiger partial charge >= 0.3 is 5.97 Å². The molecule has 0 unspecified atom stereocenters. The van der Waals surface area contributed by atoms with Gasteiger partial charge in [0.2, 0.25) is 11.8 Å². The van der Waals surface area contributed by atoms with Crippen LogP contribution < -0.4 is 9.47 Å². The summed E-state index contributed by atoms with van der Waals surface area (Å²) in [6.07, 6.45) is 1.40.